The first-order valence-corrected chi connectivity index (χ1v) is 7.80. The van der Waals surface area contributed by atoms with Crippen LogP contribution in [0.3, 0.4) is 0 Å². The Labute approximate surface area is 130 Å². The van der Waals surface area contributed by atoms with Crippen LogP contribution < -0.4 is 0 Å². The smallest absolute Gasteiger partial charge is 0.309 e. The van der Waals surface area contributed by atoms with Crippen LogP contribution in [-0.4, -0.2) is 42.2 Å². The van der Waals surface area contributed by atoms with Crippen LogP contribution in [0.4, 0.5) is 0 Å². The van der Waals surface area contributed by atoms with Crippen LogP contribution in [0.15, 0.2) is 24.3 Å². The molecule has 0 bridgehead atoms. The molecule has 5 heteroatoms. The predicted octanol–water partition coefficient (Wildman–Crippen LogP) is 2.65. The number of esters is 1. The zero-order chi connectivity index (χ0) is 15.2. The van der Waals surface area contributed by atoms with Gasteiger partial charge in [0.1, 0.15) is 0 Å². The van der Waals surface area contributed by atoms with E-state index in [9.17, 15) is 9.90 Å². The topological polar surface area (TPSA) is 49.8 Å². The highest BCUT2D eigenvalue weighted by Crippen LogP contribution is 2.22. The average molecular weight is 312 g/mol. The van der Waals surface area contributed by atoms with Crippen molar-refractivity contribution in [2.24, 2.45) is 5.92 Å². The Balaban J connectivity index is 1.80. The first kappa shape index (κ1) is 16.3. The molecule has 0 aromatic heterocycles. The molecule has 1 atom stereocenters. The predicted molar refractivity (Wildman–Crippen MR) is 82.2 cm³/mol. The van der Waals surface area contributed by atoms with E-state index in [0.717, 1.165) is 31.5 Å². The lowest BCUT2D eigenvalue weighted by Gasteiger charge is -2.32. The molecule has 0 spiro atoms. The number of aliphatic hydroxyl groups excluding tert-OH is 1. The molecule has 0 aliphatic carbocycles. The van der Waals surface area contributed by atoms with Crippen molar-refractivity contribution in [1.29, 1.82) is 0 Å². The molecule has 1 heterocycles. The molecule has 0 radical (unpaired) electrons. The summed E-state index contributed by atoms with van der Waals surface area (Å²) in [6.45, 7) is 4.48. The van der Waals surface area contributed by atoms with Gasteiger partial charge in [-0.25, -0.2) is 0 Å². The summed E-state index contributed by atoms with van der Waals surface area (Å²) in [7, 11) is 0. The summed E-state index contributed by atoms with van der Waals surface area (Å²) in [4.78, 5) is 13.9. The number of ether oxygens (including phenoxy) is 1. The Hall–Kier alpha value is -1.10. The summed E-state index contributed by atoms with van der Waals surface area (Å²) in [5.41, 5.74) is 0.868. The normalized spacial score (nSPS) is 18.4. The van der Waals surface area contributed by atoms with Gasteiger partial charge < -0.3 is 14.7 Å². The Morgan fingerprint density at radius 3 is 2.57 bits per heavy atom. The van der Waals surface area contributed by atoms with Gasteiger partial charge in [-0.2, -0.15) is 0 Å². The van der Waals surface area contributed by atoms with Gasteiger partial charge in [0.05, 0.1) is 18.6 Å². The lowest BCUT2D eigenvalue weighted by atomic mass is 9.96. The second kappa shape index (κ2) is 7.78. The van der Waals surface area contributed by atoms with Gasteiger partial charge in [-0.05, 0) is 50.6 Å². The minimum absolute atomic E-state index is 0.00822. The number of carbonyl (C=O) groups is 1. The number of carbonyl (C=O) groups excluding carboxylic acids is 1. The number of hydrogen-bond donors (Lipinski definition) is 1. The second-order valence-electron chi connectivity index (χ2n) is 5.39. The molecule has 1 fully saturated rings. The van der Waals surface area contributed by atoms with Gasteiger partial charge in [-0.15, -0.1) is 0 Å². The summed E-state index contributed by atoms with van der Waals surface area (Å²) in [5, 5.41) is 10.9. The maximum absolute atomic E-state index is 11.7. The summed E-state index contributed by atoms with van der Waals surface area (Å²) in [5.74, 6) is -0.0794. The number of halogens is 1. The van der Waals surface area contributed by atoms with E-state index in [1.54, 1.807) is 12.1 Å². The fourth-order valence-corrected chi connectivity index (χ4v) is 2.77. The van der Waals surface area contributed by atoms with Crippen LogP contribution in [-0.2, 0) is 9.53 Å². The van der Waals surface area contributed by atoms with Gasteiger partial charge in [0.25, 0.3) is 0 Å². The first-order valence-electron chi connectivity index (χ1n) is 7.42. The quantitative estimate of drug-likeness (QED) is 0.849. The third-order valence-electron chi connectivity index (χ3n) is 3.89. The fourth-order valence-electron chi connectivity index (χ4n) is 2.65. The number of β-amino-alcohol motifs (C(OH)–C–C–N with tert-alkyl or cyclic N) is 1. The van der Waals surface area contributed by atoms with Crippen molar-refractivity contribution in [3.63, 3.8) is 0 Å². The van der Waals surface area contributed by atoms with Crippen molar-refractivity contribution in [1.82, 2.24) is 4.90 Å². The molecule has 4 nitrogen and oxygen atoms in total. The van der Waals surface area contributed by atoms with Gasteiger partial charge >= 0.3 is 5.97 Å². The standard InChI is InChI=1S/C16H22ClNO3/c1-2-21-16(20)13-7-9-18(10-8-13)11-15(19)12-3-5-14(17)6-4-12/h3-6,13,15,19H,2,7-11H2,1H3/t15-/m1/s1. The molecule has 1 aliphatic heterocycles. The van der Waals surface area contributed by atoms with Gasteiger partial charge in [-0.3, -0.25) is 4.79 Å². The summed E-state index contributed by atoms with van der Waals surface area (Å²) in [6.07, 6.45) is 1.07. The molecule has 0 amide bonds. The Kier molecular flexibility index (Phi) is 6.03. The number of hydrogen-bond acceptors (Lipinski definition) is 4. The van der Waals surface area contributed by atoms with E-state index in [1.165, 1.54) is 0 Å². The summed E-state index contributed by atoms with van der Waals surface area (Å²) in [6, 6.07) is 7.26. The van der Waals surface area contributed by atoms with Crippen LogP contribution in [0.1, 0.15) is 31.4 Å². The molecule has 1 aromatic carbocycles. The van der Waals surface area contributed by atoms with Gasteiger partial charge in [-0.1, -0.05) is 23.7 Å². The lowest BCUT2D eigenvalue weighted by Crippen LogP contribution is -2.39. The largest absolute Gasteiger partial charge is 0.466 e. The van der Waals surface area contributed by atoms with Gasteiger partial charge in [0.2, 0.25) is 0 Å². The van der Waals surface area contributed by atoms with E-state index in [-0.39, 0.29) is 11.9 Å². The molecule has 21 heavy (non-hydrogen) atoms. The Morgan fingerprint density at radius 1 is 1.38 bits per heavy atom. The molecule has 1 aliphatic rings. The van der Waals surface area contributed by atoms with Crippen LogP contribution in [0.5, 0.6) is 0 Å². The van der Waals surface area contributed by atoms with E-state index in [1.807, 2.05) is 19.1 Å². The van der Waals surface area contributed by atoms with E-state index >= 15 is 0 Å². The third-order valence-corrected chi connectivity index (χ3v) is 4.15. The molecule has 1 saturated heterocycles. The maximum atomic E-state index is 11.7. The van der Waals surface area contributed by atoms with E-state index in [0.29, 0.717) is 18.2 Å². The lowest BCUT2D eigenvalue weighted by molar-refractivity contribution is -0.149. The maximum Gasteiger partial charge on any atom is 0.309 e. The highest BCUT2D eigenvalue weighted by Gasteiger charge is 2.26. The minimum atomic E-state index is -0.526. The number of aliphatic hydroxyl groups is 1. The number of likely N-dealkylation sites (tertiary alicyclic amines) is 1. The molecule has 0 saturated carbocycles. The van der Waals surface area contributed by atoms with Crippen molar-refractivity contribution in [3.05, 3.63) is 34.9 Å². The number of benzene rings is 1. The van der Waals surface area contributed by atoms with Crippen LogP contribution in [0.25, 0.3) is 0 Å². The Bertz CT molecular complexity index is 455. The monoisotopic (exact) mass is 311 g/mol. The van der Waals surface area contributed by atoms with E-state index < -0.39 is 6.10 Å². The zero-order valence-corrected chi connectivity index (χ0v) is 13.1. The SMILES string of the molecule is CCOC(=O)C1CCN(C[C@@H](O)c2ccc(Cl)cc2)CC1. The van der Waals surface area contributed by atoms with Gasteiger partial charge in [0, 0.05) is 11.6 Å². The van der Waals surface area contributed by atoms with Crippen LogP contribution in [0.2, 0.25) is 5.02 Å². The molecule has 116 valence electrons. The molecule has 0 unspecified atom stereocenters. The third kappa shape index (κ3) is 4.70. The van der Waals surface area contributed by atoms with Crippen molar-refractivity contribution in [2.45, 2.75) is 25.9 Å². The van der Waals surface area contributed by atoms with Crippen LogP contribution in [0, 0.1) is 5.92 Å². The van der Waals surface area contributed by atoms with Crippen molar-refractivity contribution >= 4 is 17.6 Å². The molecule has 2 rings (SSSR count). The van der Waals surface area contributed by atoms with Gasteiger partial charge in [0.15, 0.2) is 0 Å². The average Bonchev–Trinajstić information content (AvgIpc) is 2.49. The molecular weight excluding hydrogens is 290 g/mol. The van der Waals surface area contributed by atoms with Crippen molar-refractivity contribution in [2.75, 3.05) is 26.2 Å². The molecule has 1 N–H and O–H groups in total. The zero-order valence-electron chi connectivity index (χ0n) is 12.3. The fraction of sp³-hybridized carbons (Fsp3) is 0.562. The van der Waals surface area contributed by atoms with Crippen LogP contribution >= 0.6 is 11.6 Å². The highest BCUT2D eigenvalue weighted by atomic mass is 35.5. The van der Waals surface area contributed by atoms with E-state index in [2.05, 4.69) is 4.90 Å². The summed E-state index contributed by atoms with van der Waals surface area (Å²) >= 11 is 5.84. The minimum Gasteiger partial charge on any atom is -0.466 e. The number of nitrogens with zero attached hydrogens (tertiary/aromatic N) is 1. The summed E-state index contributed by atoms with van der Waals surface area (Å²) < 4.78 is 5.06. The highest BCUT2D eigenvalue weighted by molar-refractivity contribution is 6.30. The van der Waals surface area contributed by atoms with E-state index in [4.69, 9.17) is 16.3 Å². The number of piperidine rings is 1. The van der Waals surface area contributed by atoms with Crippen molar-refractivity contribution < 1.29 is 14.6 Å². The second-order valence-corrected chi connectivity index (χ2v) is 5.83. The first-order chi connectivity index (χ1) is 10.1. The molecule has 1 aromatic rings. The van der Waals surface area contributed by atoms with Crippen molar-refractivity contribution in [3.8, 4) is 0 Å². The number of rotatable bonds is 5. The molecular formula is C16H22ClNO3. The Morgan fingerprint density at radius 2 is 2.00 bits per heavy atom.